The molecule has 0 radical (unpaired) electrons. The number of carbonyl (C=O) groups is 1. The molecule has 0 spiro atoms. The molecule has 7 heteroatoms. The predicted octanol–water partition coefficient (Wildman–Crippen LogP) is 4.25. The average Bonchev–Trinajstić information content (AvgIpc) is 3.22. The molecule has 2 aliphatic heterocycles. The van der Waals surface area contributed by atoms with E-state index in [1.807, 2.05) is 19.1 Å². The van der Waals surface area contributed by atoms with E-state index in [9.17, 15) is 9.90 Å². The third-order valence-electron chi connectivity index (χ3n) is 6.89. The zero-order valence-corrected chi connectivity index (χ0v) is 17.5. The number of nitrogens with one attached hydrogen (secondary N) is 2. The number of aromatic nitrogens is 2. The van der Waals surface area contributed by atoms with Crippen LogP contribution in [0, 0.1) is 11.3 Å². The molecule has 2 saturated heterocycles. The van der Waals surface area contributed by atoms with Crippen LogP contribution in [0.25, 0.3) is 10.9 Å². The number of benzene rings is 1. The zero-order valence-electron chi connectivity index (χ0n) is 16.7. The van der Waals surface area contributed by atoms with Crippen molar-refractivity contribution in [1.29, 1.82) is 0 Å². The van der Waals surface area contributed by atoms with Crippen molar-refractivity contribution >= 4 is 28.5 Å². The Morgan fingerprint density at radius 1 is 1.39 bits per heavy atom. The van der Waals surface area contributed by atoms with Crippen LogP contribution in [0.1, 0.15) is 58.1 Å². The van der Waals surface area contributed by atoms with Crippen LogP contribution >= 0.6 is 11.6 Å². The number of hydrogen-bond acceptors (Lipinski definition) is 3. The van der Waals surface area contributed by atoms with Gasteiger partial charge in [0.15, 0.2) is 0 Å². The molecule has 2 aliphatic rings. The van der Waals surface area contributed by atoms with E-state index in [0.717, 1.165) is 42.1 Å². The molecule has 6 nitrogen and oxygen atoms in total. The molecule has 2 amide bonds. The number of urea groups is 1. The number of nitrogens with zero attached hydrogens (tertiary/aromatic N) is 2. The number of aliphatic hydroxyl groups is 1. The van der Waals surface area contributed by atoms with Crippen molar-refractivity contribution in [3.8, 4) is 0 Å². The number of rotatable bonds is 4. The van der Waals surface area contributed by atoms with Gasteiger partial charge in [0.25, 0.3) is 0 Å². The van der Waals surface area contributed by atoms with E-state index in [2.05, 4.69) is 34.3 Å². The Kier molecular flexibility index (Phi) is 5.04. The molecule has 2 fully saturated rings. The lowest BCUT2D eigenvalue weighted by Gasteiger charge is -2.46. The van der Waals surface area contributed by atoms with Gasteiger partial charge in [-0.05, 0) is 56.1 Å². The molecule has 152 valence electrons. The number of halogens is 1. The van der Waals surface area contributed by atoms with Crippen LogP contribution in [-0.2, 0) is 0 Å². The number of piperidine rings is 1. The first kappa shape index (κ1) is 19.5. The highest BCUT2D eigenvalue weighted by Crippen LogP contribution is 2.51. The minimum Gasteiger partial charge on any atom is -0.388 e. The smallest absolute Gasteiger partial charge is 0.317 e. The van der Waals surface area contributed by atoms with Gasteiger partial charge >= 0.3 is 6.03 Å². The minimum absolute atomic E-state index is 0.0563. The Balaban J connectivity index is 1.59. The van der Waals surface area contributed by atoms with E-state index in [0.29, 0.717) is 17.5 Å². The maximum atomic E-state index is 12.5. The summed E-state index contributed by atoms with van der Waals surface area (Å²) in [5.74, 6) is 0.322. The second kappa shape index (κ2) is 7.23. The molecular formula is C21H29ClN4O2. The van der Waals surface area contributed by atoms with Crippen molar-refractivity contribution in [3.63, 3.8) is 0 Å². The first-order chi connectivity index (χ1) is 13.3. The summed E-state index contributed by atoms with van der Waals surface area (Å²) in [6, 6.07) is 4.27. The second-order valence-electron chi connectivity index (χ2n) is 8.85. The summed E-state index contributed by atoms with van der Waals surface area (Å²) in [6.45, 7) is 6.86. The summed E-state index contributed by atoms with van der Waals surface area (Å²) in [5, 5.41) is 23.0. The SMILES string of the molecule is CCNC(=O)N1[C@@H]2CC[C@H]1CC(C(C)(C)C(O)c1cc(Cl)cc3cn[nH]c13)C2. The standard InChI is InChI=1S/C21H29ClN4O2/c1-4-23-20(28)26-15-5-6-16(26)9-13(8-15)21(2,3)19(27)17-10-14(22)7-12-11-24-25-18(12)17/h7,10-11,13,15-16,19,27H,4-6,8-9H2,1-3H3,(H,23,28)(H,24,25)/t13?,15-,16+,19?. The molecule has 1 aromatic carbocycles. The average molecular weight is 405 g/mol. The quantitative estimate of drug-likeness (QED) is 0.712. The van der Waals surface area contributed by atoms with Gasteiger partial charge < -0.3 is 15.3 Å². The van der Waals surface area contributed by atoms with E-state index in [4.69, 9.17) is 11.6 Å². The van der Waals surface area contributed by atoms with E-state index in [1.165, 1.54) is 0 Å². The highest BCUT2D eigenvalue weighted by Gasteiger charge is 2.49. The molecule has 2 unspecified atom stereocenters. The van der Waals surface area contributed by atoms with Crippen molar-refractivity contribution in [2.45, 2.75) is 64.6 Å². The maximum Gasteiger partial charge on any atom is 0.317 e. The van der Waals surface area contributed by atoms with Crippen molar-refractivity contribution in [2.75, 3.05) is 6.54 Å². The lowest BCUT2D eigenvalue weighted by molar-refractivity contribution is -0.0275. The number of H-pyrrole nitrogens is 1. The molecular weight excluding hydrogens is 376 g/mol. The molecule has 4 rings (SSSR count). The molecule has 28 heavy (non-hydrogen) atoms. The summed E-state index contributed by atoms with van der Waals surface area (Å²) in [4.78, 5) is 14.5. The van der Waals surface area contributed by atoms with Gasteiger partial charge in [0, 0.05) is 34.6 Å². The molecule has 3 heterocycles. The largest absolute Gasteiger partial charge is 0.388 e. The Morgan fingerprint density at radius 3 is 2.71 bits per heavy atom. The molecule has 1 aromatic heterocycles. The van der Waals surface area contributed by atoms with Crippen LogP contribution < -0.4 is 5.32 Å². The fourth-order valence-electron chi connectivity index (χ4n) is 5.25. The number of aromatic amines is 1. The predicted molar refractivity (Wildman–Crippen MR) is 110 cm³/mol. The summed E-state index contributed by atoms with van der Waals surface area (Å²) < 4.78 is 0. The van der Waals surface area contributed by atoms with Crippen LogP contribution in [0.3, 0.4) is 0 Å². The summed E-state index contributed by atoms with van der Waals surface area (Å²) in [5.41, 5.74) is 1.29. The Labute approximate surface area is 170 Å². The molecule has 0 saturated carbocycles. The normalized spacial score (nSPS) is 25.9. The van der Waals surface area contributed by atoms with Crippen molar-refractivity contribution in [3.05, 3.63) is 28.9 Å². The zero-order chi connectivity index (χ0) is 20.1. The van der Waals surface area contributed by atoms with Gasteiger partial charge in [-0.3, -0.25) is 5.10 Å². The van der Waals surface area contributed by atoms with Crippen LogP contribution in [0.15, 0.2) is 18.3 Å². The molecule has 3 N–H and O–H groups in total. The molecule has 2 bridgehead atoms. The van der Waals surface area contributed by atoms with E-state index in [1.54, 1.807) is 6.20 Å². The van der Waals surface area contributed by atoms with E-state index in [-0.39, 0.29) is 23.5 Å². The second-order valence-corrected chi connectivity index (χ2v) is 9.29. The minimum atomic E-state index is -0.672. The number of hydrogen-bond donors (Lipinski definition) is 3. The van der Waals surface area contributed by atoms with Gasteiger partial charge in [0.05, 0.1) is 17.8 Å². The first-order valence-electron chi connectivity index (χ1n) is 10.2. The van der Waals surface area contributed by atoms with Crippen LogP contribution in [0.2, 0.25) is 5.02 Å². The van der Waals surface area contributed by atoms with Crippen LogP contribution in [-0.4, -0.2) is 44.9 Å². The number of carbonyl (C=O) groups excluding carboxylic acids is 1. The van der Waals surface area contributed by atoms with Gasteiger partial charge in [-0.2, -0.15) is 5.10 Å². The topological polar surface area (TPSA) is 81.2 Å². The van der Waals surface area contributed by atoms with Gasteiger partial charge in [-0.15, -0.1) is 0 Å². The van der Waals surface area contributed by atoms with Gasteiger partial charge in [-0.25, -0.2) is 4.79 Å². The molecule has 4 atom stereocenters. The fraction of sp³-hybridized carbons (Fsp3) is 0.619. The highest BCUT2D eigenvalue weighted by atomic mass is 35.5. The van der Waals surface area contributed by atoms with Crippen molar-refractivity contribution in [2.24, 2.45) is 11.3 Å². The fourth-order valence-corrected chi connectivity index (χ4v) is 5.48. The summed E-state index contributed by atoms with van der Waals surface area (Å²) in [7, 11) is 0. The Hall–Kier alpha value is -1.79. The molecule has 2 aromatic rings. The lowest BCUT2D eigenvalue weighted by atomic mass is 9.67. The number of fused-ring (bicyclic) bond motifs is 3. The monoisotopic (exact) mass is 404 g/mol. The van der Waals surface area contributed by atoms with Crippen LogP contribution in [0.5, 0.6) is 0 Å². The van der Waals surface area contributed by atoms with Gasteiger partial charge in [0.2, 0.25) is 0 Å². The number of aliphatic hydroxyl groups excluding tert-OH is 1. The van der Waals surface area contributed by atoms with Crippen molar-refractivity contribution in [1.82, 2.24) is 20.4 Å². The van der Waals surface area contributed by atoms with Gasteiger partial charge in [-0.1, -0.05) is 25.4 Å². The van der Waals surface area contributed by atoms with Crippen molar-refractivity contribution < 1.29 is 9.90 Å². The first-order valence-corrected chi connectivity index (χ1v) is 10.6. The van der Waals surface area contributed by atoms with E-state index >= 15 is 0 Å². The molecule has 0 aliphatic carbocycles. The third kappa shape index (κ3) is 3.16. The van der Waals surface area contributed by atoms with Gasteiger partial charge in [0.1, 0.15) is 0 Å². The number of amides is 2. The third-order valence-corrected chi connectivity index (χ3v) is 7.11. The summed E-state index contributed by atoms with van der Waals surface area (Å²) in [6.07, 6.45) is 5.00. The van der Waals surface area contributed by atoms with E-state index < -0.39 is 6.10 Å². The Morgan fingerprint density at radius 2 is 2.07 bits per heavy atom. The lowest BCUT2D eigenvalue weighted by Crippen LogP contribution is -2.53. The Bertz CT molecular complexity index is 866. The summed E-state index contributed by atoms with van der Waals surface area (Å²) >= 11 is 6.30. The highest BCUT2D eigenvalue weighted by molar-refractivity contribution is 6.31. The maximum absolute atomic E-state index is 12.5. The van der Waals surface area contributed by atoms with Crippen LogP contribution in [0.4, 0.5) is 4.79 Å².